The molecular weight excluding hydrogens is 609 g/mol. The number of nitrogens with one attached hydrogen (secondary N) is 1. The van der Waals surface area contributed by atoms with Gasteiger partial charge in [0.25, 0.3) is 5.91 Å². The van der Waals surface area contributed by atoms with Gasteiger partial charge < -0.3 is 14.8 Å². The molecule has 194 valence electrons. The van der Waals surface area contributed by atoms with E-state index in [1.165, 1.54) is 38.5 Å². The summed E-state index contributed by atoms with van der Waals surface area (Å²) in [7, 11) is 2.96. The maximum Gasteiger partial charge on any atom is 0.255 e. The Bertz CT molecular complexity index is 1370. The fourth-order valence-electron chi connectivity index (χ4n) is 5.13. The lowest BCUT2D eigenvalue weighted by Crippen LogP contribution is -2.50. The van der Waals surface area contributed by atoms with Gasteiger partial charge in [0.1, 0.15) is 21.2 Å². The number of methoxy groups -OCH3 is 2. The monoisotopic (exact) mass is 622 g/mol. The van der Waals surface area contributed by atoms with Gasteiger partial charge in [-0.05, 0) is 30.3 Å². The second-order valence-corrected chi connectivity index (χ2v) is 11.9. The topological polar surface area (TPSA) is 84.9 Å². The molecule has 1 heterocycles. The molecule has 3 aliphatic rings. The van der Waals surface area contributed by atoms with Crippen LogP contribution in [0.4, 0.5) is 11.4 Å². The van der Waals surface area contributed by atoms with Crippen LogP contribution in [0.25, 0.3) is 0 Å². The van der Waals surface area contributed by atoms with Crippen LogP contribution in [0.1, 0.15) is 10.4 Å². The molecule has 0 aromatic heterocycles. The molecule has 7 nitrogen and oxygen atoms in total. The predicted octanol–water partition coefficient (Wildman–Crippen LogP) is 5.91. The summed E-state index contributed by atoms with van der Waals surface area (Å²) in [5.41, 5.74) is 0.679. The van der Waals surface area contributed by atoms with Gasteiger partial charge >= 0.3 is 0 Å². The van der Waals surface area contributed by atoms with Crippen molar-refractivity contribution in [3.05, 3.63) is 58.1 Å². The van der Waals surface area contributed by atoms with Crippen LogP contribution in [0.15, 0.2) is 52.5 Å². The van der Waals surface area contributed by atoms with E-state index in [0.717, 1.165) is 4.90 Å². The molecule has 1 saturated carbocycles. The number of benzene rings is 2. The van der Waals surface area contributed by atoms with Crippen LogP contribution in [0.3, 0.4) is 0 Å². The summed E-state index contributed by atoms with van der Waals surface area (Å²) in [6.45, 7) is 0. The molecule has 2 aromatic rings. The minimum absolute atomic E-state index is 0.126. The molecule has 0 unspecified atom stereocenters. The summed E-state index contributed by atoms with van der Waals surface area (Å²) in [5.74, 6) is -3.56. The molecule has 1 aliphatic heterocycles. The maximum absolute atomic E-state index is 13.6. The Morgan fingerprint density at radius 3 is 2.03 bits per heavy atom. The van der Waals surface area contributed by atoms with Gasteiger partial charge in [-0.25, -0.2) is 4.90 Å². The van der Waals surface area contributed by atoms with E-state index in [2.05, 4.69) is 5.32 Å². The summed E-state index contributed by atoms with van der Waals surface area (Å²) in [6.07, 6.45) is 0. The number of imide groups is 1. The van der Waals surface area contributed by atoms with E-state index in [0.29, 0.717) is 17.2 Å². The zero-order valence-electron chi connectivity index (χ0n) is 19.0. The summed E-state index contributed by atoms with van der Waals surface area (Å²) < 4.78 is 8.46. The van der Waals surface area contributed by atoms with E-state index < -0.39 is 43.6 Å². The molecule has 2 bridgehead atoms. The van der Waals surface area contributed by atoms with Crippen LogP contribution < -0.4 is 19.7 Å². The van der Waals surface area contributed by atoms with E-state index in [-0.39, 0.29) is 21.3 Å². The molecular formula is C24H16Cl6N2O5. The molecule has 1 N–H and O–H groups in total. The van der Waals surface area contributed by atoms with Crippen LogP contribution in [-0.2, 0) is 9.59 Å². The van der Waals surface area contributed by atoms with E-state index in [1.54, 1.807) is 18.2 Å². The first-order valence-corrected chi connectivity index (χ1v) is 13.0. The van der Waals surface area contributed by atoms with E-state index in [4.69, 9.17) is 79.1 Å². The zero-order chi connectivity index (χ0) is 27.1. The number of allylic oxidation sites excluding steroid dienone is 2. The zero-order valence-corrected chi connectivity index (χ0v) is 23.5. The third kappa shape index (κ3) is 3.31. The van der Waals surface area contributed by atoms with E-state index in [1.807, 2.05) is 0 Å². The molecule has 0 radical (unpaired) electrons. The Morgan fingerprint density at radius 2 is 1.49 bits per heavy atom. The molecule has 4 atom stereocenters. The minimum atomic E-state index is -2.02. The fraction of sp³-hybridized carbons (Fsp3) is 0.292. The highest BCUT2D eigenvalue weighted by molar-refractivity contribution is 6.67. The largest absolute Gasteiger partial charge is 0.497 e. The lowest BCUT2D eigenvalue weighted by Gasteiger charge is -2.34. The first-order valence-electron chi connectivity index (χ1n) is 10.7. The number of fused-ring (bicyclic) bond motifs is 5. The number of carbonyl (C=O) groups is 3. The van der Waals surface area contributed by atoms with Crippen molar-refractivity contribution in [1.82, 2.24) is 0 Å². The predicted molar refractivity (Wildman–Crippen MR) is 144 cm³/mol. The van der Waals surface area contributed by atoms with Crippen LogP contribution in [0.2, 0.25) is 0 Å². The number of carbonyl (C=O) groups excluding carboxylic acids is 3. The molecule has 1 saturated heterocycles. The Kier molecular flexibility index (Phi) is 6.38. The van der Waals surface area contributed by atoms with Crippen LogP contribution in [0.5, 0.6) is 11.5 Å². The Hall–Kier alpha value is -1.87. The fourth-order valence-corrected chi connectivity index (χ4v) is 8.06. The Labute approximate surface area is 241 Å². The van der Waals surface area contributed by atoms with Crippen molar-refractivity contribution in [2.45, 2.75) is 14.1 Å². The number of ether oxygens (including phenoxy) is 2. The first-order chi connectivity index (χ1) is 17.4. The second-order valence-electron chi connectivity index (χ2n) is 8.66. The van der Waals surface area contributed by atoms with E-state index >= 15 is 0 Å². The van der Waals surface area contributed by atoms with Gasteiger partial charge in [0.15, 0.2) is 4.33 Å². The normalized spacial score (nSPS) is 29.6. The van der Waals surface area contributed by atoms with Crippen molar-refractivity contribution in [2.75, 3.05) is 24.4 Å². The minimum Gasteiger partial charge on any atom is -0.497 e. The summed E-state index contributed by atoms with van der Waals surface area (Å²) in [4.78, 5) is 37.3. The van der Waals surface area contributed by atoms with Crippen molar-refractivity contribution in [2.24, 2.45) is 11.8 Å². The van der Waals surface area contributed by atoms with Crippen molar-refractivity contribution in [1.29, 1.82) is 0 Å². The number of anilines is 2. The number of halogens is 6. The quantitative estimate of drug-likeness (QED) is 0.330. The maximum atomic E-state index is 13.6. The lowest BCUT2D eigenvalue weighted by molar-refractivity contribution is -0.123. The van der Waals surface area contributed by atoms with Gasteiger partial charge in [0, 0.05) is 11.6 Å². The number of nitrogens with zero attached hydrogens (tertiary/aromatic N) is 1. The van der Waals surface area contributed by atoms with Crippen molar-refractivity contribution >= 4 is 98.7 Å². The average molecular weight is 625 g/mol. The molecule has 2 fully saturated rings. The standard InChI is InChI=1S/C24H16Cl6N2O5/c1-36-12-6-7-13(14(9-12)37-2)31-19(33)10-4-3-5-11(8-10)32-20(34)15-16(21(32)35)23(28)18(26)17(25)22(15,27)24(23,29)30/h3-9,15-16H,1-2H3,(H,31,33)/t15-,16-,22+,23+/m0/s1. The number of alkyl halides is 4. The van der Waals surface area contributed by atoms with Gasteiger partial charge in [-0.2, -0.15) is 0 Å². The third-order valence-electron chi connectivity index (χ3n) is 6.93. The van der Waals surface area contributed by atoms with Crippen molar-refractivity contribution < 1.29 is 23.9 Å². The number of rotatable bonds is 5. The van der Waals surface area contributed by atoms with Gasteiger partial charge in [0.05, 0.1) is 47.5 Å². The smallest absolute Gasteiger partial charge is 0.255 e. The molecule has 5 rings (SSSR count). The van der Waals surface area contributed by atoms with Gasteiger partial charge in [-0.15, -0.1) is 23.2 Å². The molecule has 13 heteroatoms. The highest BCUT2D eigenvalue weighted by Gasteiger charge is 2.87. The molecule has 3 amide bonds. The summed E-state index contributed by atoms with van der Waals surface area (Å²) >= 11 is 39.2. The van der Waals surface area contributed by atoms with Crippen LogP contribution >= 0.6 is 69.6 Å². The average Bonchev–Trinajstić information content (AvgIpc) is 3.27. The van der Waals surface area contributed by atoms with Crippen molar-refractivity contribution in [3.8, 4) is 11.5 Å². The lowest BCUT2D eigenvalue weighted by atomic mass is 9.84. The van der Waals surface area contributed by atoms with Crippen molar-refractivity contribution in [3.63, 3.8) is 0 Å². The molecule has 2 aliphatic carbocycles. The van der Waals surface area contributed by atoms with Gasteiger partial charge in [-0.1, -0.05) is 52.5 Å². The van der Waals surface area contributed by atoms with Crippen LogP contribution in [-0.4, -0.2) is 46.0 Å². The summed E-state index contributed by atoms with van der Waals surface area (Å²) in [5, 5.41) is 2.38. The summed E-state index contributed by atoms with van der Waals surface area (Å²) in [6, 6.07) is 10.8. The Morgan fingerprint density at radius 1 is 0.892 bits per heavy atom. The highest BCUT2D eigenvalue weighted by atomic mass is 35.5. The Balaban J connectivity index is 1.47. The second kappa shape index (κ2) is 8.83. The van der Waals surface area contributed by atoms with Crippen LogP contribution in [0, 0.1) is 11.8 Å². The number of hydrogen-bond donors (Lipinski definition) is 1. The first kappa shape index (κ1) is 26.7. The number of hydrogen-bond acceptors (Lipinski definition) is 5. The third-order valence-corrected chi connectivity index (χ3v) is 11.2. The van der Waals surface area contributed by atoms with E-state index in [9.17, 15) is 14.4 Å². The van der Waals surface area contributed by atoms with Gasteiger partial charge in [0.2, 0.25) is 11.8 Å². The highest BCUT2D eigenvalue weighted by Crippen LogP contribution is 2.77. The van der Waals surface area contributed by atoms with Gasteiger partial charge in [-0.3, -0.25) is 14.4 Å². The SMILES string of the molecule is COc1ccc(NC(=O)c2cccc(N3C(=O)[C@@H]4[C@@H](C3=O)[C@@]3(Cl)C(Cl)=C(Cl)[C@@]4(Cl)C3(Cl)Cl)c2)c(OC)c1. The number of amides is 3. The molecule has 2 aromatic carbocycles. The molecule has 0 spiro atoms. The molecule has 37 heavy (non-hydrogen) atoms.